The van der Waals surface area contributed by atoms with Gasteiger partial charge in [0, 0.05) is 6.61 Å². The van der Waals surface area contributed by atoms with Crippen LogP contribution in [0.1, 0.15) is 78.6 Å². The summed E-state index contributed by atoms with van der Waals surface area (Å²) in [7, 11) is -3.97. The number of fused-ring (bicyclic) bond motifs is 5. The molecule has 4 rings (SSSR count). The molecule has 7 nitrogen and oxygen atoms in total. The van der Waals surface area contributed by atoms with Crippen LogP contribution in [0.4, 0.5) is 0 Å². The van der Waals surface area contributed by atoms with Crippen molar-refractivity contribution in [1.29, 1.82) is 0 Å². The lowest BCUT2D eigenvalue weighted by Crippen LogP contribution is -2.64. The van der Waals surface area contributed by atoms with Gasteiger partial charge in [0.1, 0.15) is 0 Å². The molecule has 8 heteroatoms. The van der Waals surface area contributed by atoms with Crippen LogP contribution in [0.15, 0.2) is 0 Å². The van der Waals surface area contributed by atoms with E-state index in [0.717, 1.165) is 51.4 Å². The van der Waals surface area contributed by atoms with Crippen molar-refractivity contribution >= 4 is 10.1 Å². The summed E-state index contributed by atoms with van der Waals surface area (Å²) in [5.41, 5.74) is 0.150. The van der Waals surface area contributed by atoms with Crippen molar-refractivity contribution in [2.45, 2.75) is 96.9 Å². The van der Waals surface area contributed by atoms with Crippen LogP contribution in [0.2, 0.25) is 0 Å². The molecule has 0 aromatic carbocycles. The molecule has 11 atom stereocenters. The second-order valence-corrected chi connectivity index (χ2v) is 14.1. The van der Waals surface area contributed by atoms with Gasteiger partial charge < -0.3 is 20.1 Å². The van der Waals surface area contributed by atoms with Crippen molar-refractivity contribution in [2.24, 2.45) is 46.3 Å². The first-order valence-electron chi connectivity index (χ1n) is 13.5. The van der Waals surface area contributed by atoms with Gasteiger partial charge in [-0.3, -0.25) is 4.55 Å². The molecule has 4 saturated carbocycles. The molecule has 0 saturated heterocycles. The Kier molecular flexibility index (Phi) is 7.80. The predicted octanol–water partition coefficient (Wildman–Crippen LogP) is 3.27. The van der Waals surface area contributed by atoms with Crippen LogP contribution in [-0.4, -0.2) is 65.6 Å². The third-order valence-corrected chi connectivity index (χ3v) is 11.6. The Hall–Kier alpha value is -0.250. The Labute approximate surface area is 205 Å². The highest BCUT2D eigenvalue weighted by Crippen LogP contribution is 2.68. The van der Waals surface area contributed by atoms with E-state index in [1.165, 1.54) is 0 Å². The molecule has 4 aliphatic carbocycles. The van der Waals surface area contributed by atoms with Gasteiger partial charge in [0.25, 0.3) is 10.1 Å². The average Bonchev–Trinajstić information content (AvgIpc) is 3.11. The normalized spacial score (nSPS) is 47.5. The molecule has 0 amide bonds. The van der Waals surface area contributed by atoms with E-state index in [0.29, 0.717) is 36.7 Å². The molecular weight excluding hydrogens is 456 g/mol. The number of hydrogen-bond donors (Lipinski definition) is 4. The Morgan fingerprint density at radius 2 is 1.59 bits per heavy atom. The van der Waals surface area contributed by atoms with Gasteiger partial charge in [-0.05, 0) is 104 Å². The molecular formula is C26H46O7S. The first-order chi connectivity index (χ1) is 15.9. The van der Waals surface area contributed by atoms with E-state index in [1.54, 1.807) is 0 Å². The molecule has 0 aromatic rings. The van der Waals surface area contributed by atoms with Crippen LogP contribution < -0.4 is 0 Å². The van der Waals surface area contributed by atoms with Crippen molar-refractivity contribution in [3.05, 3.63) is 0 Å². The highest BCUT2D eigenvalue weighted by Gasteiger charge is 2.65. The Bertz CT molecular complexity index is 818. The molecule has 11 unspecified atom stereocenters. The second kappa shape index (κ2) is 9.90. The number of hydrogen-bond acceptors (Lipinski definition) is 6. The molecule has 0 aromatic heterocycles. The first-order valence-corrected chi connectivity index (χ1v) is 15.1. The number of aliphatic hydroxyl groups excluding tert-OH is 3. The molecule has 0 bridgehead atoms. The van der Waals surface area contributed by atoms with Gasteiger partial charge in [0.05, 0.1) is 30.7 Å². The maximum atomic E-state index is 11.4. The number of ether oxygens (including phenoxy) is 1. The molecule has 0 aliphatic heterocycles. The standard InChI is InChI=1S/C26H46O7S/c1-16(5-4-12-33-13-14-34(30,31)32)18-6-7-19-22-20(9-11-25(18,19)2)26(3)10-8-17(27)15-21(26)23(28)24(22)29/h16-24,27-29H,4-15H2,1-3H3,(H,30,31,32). The van der Waals surface area contributed by atoms with E-state index in [4.69, 9.17) is 9.29 Å². The van der Waals surface area contributed by atoms with Crippen LogP contribution in [0.25, 0.3) is 0 Å². The summed E-state index contributed by atoms with van der Waals surface area (Å²) < 4.78 is 35.8. The van der Waals surface area contributed by atoms with Gasteiger partial charge in [-0.25, -0.2) is 0 Å². The van der Waals surface area contributed by atoms with Crippen LogP contribution in [0, 0.1) is 46.3 Å². The fourth-order valence-electron chi connectivity index (χ4n) is 9.19. The fraction of sp³-hybridized carbons (Fsp3) is 1.00. The second-order valence-electron chi connectivity index (χ2n) is 12.6. The first kappa shape index (κ1) is 26.8. The molecule has 4 aliphatic rings. The lowest BCUT2D eigenvalue weighted by molar-refractivity contribution is -0.223. The third kappa shape index (κ3) is 4.84. The highest BCUT2D eigenvalue weighted by atomic mass is 32.2. The summed E-state index contributed by atoms with van der Waals surface area (Å²) >= 11 is 0. The minimum absolute atomic E-state index is 0.00698. The number of aliphatic hydroxyl groups is 3. The Morgan fingerprint density at radius 1 is 0.912 bits per heavy atom. The van der Waals surface area contributed by atoms with Crippen molar-refractivity contribution < 1.29 is 33.0 Å². The molecule has 198 valence electrons. The average molecular weight is 503 g/mol. The maximum absolute atomic E-state index is 11.4. The fourth-order valence-corrected chi connectivity index (χ4v) is 9.52. The number of rotatable bonds is 8. The van der Waals surface area contributed by atoms with Crippen LogP contribution >= 0.6 is 0 Å². The SMILES string of the molecule is CC(CCCOCCS(=O)(=O)O)C1CCC2C3C(O)C(O)C4CC(O)CCC4(C)C3CCC12C. The minimum atomic E-state index is -3.97. The Morgan fingerprint density at radius 3 is 2.29 bits per heavy atom. The zero-order valence-electron chi connectivity index (χ0n) is 21.1. The topological polar surface area (TPSA) is 124 Å². The maximum Gasteiger partial charge on any atom is 0.267 e. The lowest BCUT2D eigenvalue weighted by Gasteiger charge is -2.63. The summed E-state index contributed by atoms with van der Waals surface area (Å²) in [6, 6.07) is 0. The largest absolute Gasteiger partial charge is 0.393 e. The van der Waals surface area contributed by atoms with Crippen molar-refractivity contribution in [2.75, 3.05) is 19.0 Å². The smallest absolute Gasteiger partial charge is 0.267 e. The zero-order chi connectivity index (χ0) is 24.9. The third-order valence-electron chi connectivity index (χ3n) is 10.9. The van der Waals surface area contributed by atoms with Gasteiger partial charge in [0.2, 0.25) is 0 Å². The summed E-state index contributed by atoms with van der Waals surface area (Å²) in [5, 5.41) is 32.8. The van der Waals surface area contributed by atoms with Crippen molar-refractivity contribution in [3.63, 3.8) is 0 Å². The van der Waals surface area contributed by atoms with Gasteiger partial charge in [0.15, 0.2) is 0 Å². The summed E-state index contributed by atoms with van der Waals surface area (Å²) in [6.45, 7) is 7.57. The van der Waals surface area contributed by atoms with Gasteiger partial charge in [-0.15, -0.1) is 0 Å². The zero-order valence-corrected chi connectivity index (χ0v) is 21.9. The van der Waals surface area contributed by atoms with E-state index < -0.39 is 22.3 Å². The summed E-state index contributed by atoms with van der Waals surface area (Å²) in [5.74, 6) is 1.65. The molecule has 4 fully saturated rings. The van der Waals surface area contributed by atoms with Gasteiger partial charge in [-0.2, -0.15) is 8.42 Å². The monoisotopic (exact) mass is 502 g/mol. The Balaban J connectivity index is 1.40. The van der Waals surface area contributed by atoms with Gasteiger partial charge in [-0.1, -0.05) is 20.8 Å². The van der Waals surface area contributed by atoms with E-state index in [2.05, 4.69) is 20.8 Å². The summed E-state index contributed by atoms with van der Waals surface area (Å²) in [4.78, 5) is 0. The van der Waals surface area contributed by atoms with Crippen LogP contribution in [0.5, 0.6) is 0 Å². The van der Waals surface area contributed by atoms with E-state index in [9.17, 15) is 23.7 Å². The van der Waals surface area contributed by atoms with E-state index in [-0.39, 0.29) is 41.1 Å². The van der Waals surface area contributed by atoms with Crippen LogP contribution in [-0.2, 0) is 14.9 Å². The van der Waals surface area contributed by atoms with E-state index in [1.807, 2.05) is 0 Å². The molecule has 34 heavy (non-hydrogen) atoms. The van der Waals surface area contributed by atoms with Crippen molar-refractivity contribution in [3.8, 4) is 0 Å². The molecule has 4 N–H and O–H groups in total. The van der Waals surface area contributed by atoms with Crippen molar-refractivity contribution in [1.82, 2.24) is 0 Å². The minimum Gasteiger partial charge on any atom is -0.393 e. The lowest BCUT2D eigenvalue weighted by atomic mass is 9.43. The molecule has 0 radical (unpaired) electrons. The van der Waals surface area contributed by atoms with E-state index >= 15 is 0 Å². The molecule has 0 heterocycles. The predicted molar refractivity (Wildman–Crippen MR) is 130 cm³/mol. The summed E-state index contributed by atoms with van der Waals surface area (Å²) in [6.07, 6.45) is 6.89. The van der Waals surface area contributed by atoms with Crippen LogP contribution in [0.3, 0.4) is 0 Å². The highest BCUT2D eigenvalue weighted by molar-refractivity contribution is 7.85. The van der Waals surface area contributed by atoms with Gasteiger partial charge >= 0.3 is 0 Å². The quantitative estimate of drug-likeness (QED) is 0.297. The molecule has 0 spiro atoms.